The monoisotopic (exact) mass is 301 g/mol. The van der Waals surface area contributed by atoms with E-state index in [1.807, 2.05) is 0 Å². The zero-order valence-corrected chi connectivity index (χ0v) is 12.0. The highest BCUT2D eigenvalue weighted by Gasteiger charge is 2.27. The Morgan fingerprint density at radius 1 is 1.58 bits per heavy atom. The maximum Gasteiger partial charge on any atom is 0.221 e. The van der Waals surface area contributed by atoms with Gasteiger partial charge >= 0.3 is 0 Å². The number of nitrogens with one attached hydrogen (secondary N) is 1. The van der Waals surface area contributed by atoms with Gasteiger partial charge in [0.05, 0.1) is 6.04 Å². The fourth-order valence-electron chi connectivity index (χ4n) is 2.28. The first-order chi connectivity index (χ1) is 8.99. The minimum atomic E-state index is -2.32. The lowest BCUT2D eigenvalue weighted by molar-refractivity contribution is -0.114. The summed E-state index contributed by atoms with van der Waals surface area (Å²) in [6.07, 6.45) is 1.72. The Labute approximate surface area is 119 Å². The van der Waals surface area contributed by atoms with Crippen molar-refractivity contribution in [2.24, 2.45) is 0 Å². The molecule has 1 aromatic rings. The van der Waals surface area contributed by atoms with Gasteiger partial charge < -0.3 is 9.87 Å². The number of benzene rings is 1. The molecule has 2 atom stereocenters. The van der Waals surface area contributed by atoms with Gasteiger partial charge in [-0.1, -0.05) is 0 Å². The molecular weight excluding hydrogens is 288 g/mol. The molecule has 1 aromatic carbocycles. The van der Waals surface area contributed by atoms with Crippen LogP contribution in [-0.4, -0.2) is 25.6 Å². The maximum atomic E-state index is 11.3. The lowest BCUT2D eigenvalue weighted by atomic mass is 10.0. The van der Waals surface area contributed by atoms with E-state index in [4.69, 9.17) is 11.8 Å². The van der Waals surface area contributed by atoms with Gasteiger partial charge in [0.25, 0.3) is 0 Å². The number of halogens is 1. The highest BCUT2D eigenvalue weighted by atomic mass is 35.5. The van der Waals surface area contributed by atoms with E-state index in [0.717, 1.165) is 19.4 Å². The Bertz CT molecular complexity index is 524. The van der Waals surface area contributed by atoms with Gasteiger partial charge in [0.2, 0.25) is 5.91 Å². The van der Waals surface area contributed by atoms with Crippen LogP contribution in [-0.2, 0) is 15.9 Å². The molecule has 0 bridgehead atoms. The predicted octanol–water partition coefficient (Wildman–Crippen LogP) is 2.17. The number of carbonyl (C=O) groups is 1. The summed E-state index contributed by atoms with van der Waals surface area (Å²) in [7, 11) is 0. The molecule has 1 fully saturated rings. The minimum absolute atomic E-state index is 0.136. The second kappa shape index (κ2) is 6.00. The normalized spacial score (nSPS) is 21.3. The van der Waals surface area contributed by atoms with Gasteiger partial charge in [0.1, 0.15) is 0 Å². The summed E-state index contributed by atoms with van der Waals surface area (Å²) < 4.78 is 24.2. The zero-order chi connectivity index (χ0) is 14.0. The van der Waals surface area contributed by atoms with Crippen molar-refractivity contribution in [3.63, 3.8) is 0 Å². The average Bonchev–Trinajstić information content (AvgIpc) is 2.74. The zero-order valence-electron chi connectivity index (χ0n) is 10.4. The van der Waals surface area contributed by atoms with Crippen molar-refractivity contribution >= 4 is 34.5 Å². The smallest absolute Gasteiger partial charge is 0.221 e. The lowest BCUT2D eigenvalue weighted by Crippen LogP contribution is -2.15. The van der Waals surface area contributed by atoms with Crippen LogP contribution in [0.2, 0.25) is 0 Å². The van der Waals surface area contributed by atoms with Crippen LogP contribution in [0.15, 0.2) is 23.1 Å². The van der Waals surface area contributed by atoms with Gasteiger partial charge in [-0.05, 0) is 59.5 Å². The maximum absolute atomic E-state index is 11.3. The van der Waals surface area contributed by atoms with Crippen molar-refractivity contribution in [2.45, 2.75) is 30.7 Å². The van der Waals surface area contributed by atoms with Gasteiger partial charge in [-0.15, -0.1) is 0 Å². The first kappa shape index (κ1) is 14.5. The molecule has 0 saturated carbocycles. The summed E-state index contributed by atoms with van der Waals surface area (Å²) in [6, 6.07) is 4.61. The van der Waals surface area contributed by atoms with Crippen molar-refractivity contribution in [2.75, 3.05) is 11.9 Å². The first-order valence-corrected chi connectivity index (χ1v) is 7.33. The third-order valence-electron chi connectivity index (χ3n) is 3.06. The number of hydrogen-bond acceptors (Lipinski definition) is 4. The molecule has 1 amide bonds. The van der Waals surface area contributed by atoms with E-state index in [1.54, 1.807) is 16.6 Å². The van der Waals surface area contributed by atoms with Crippen LogP contribution in [0.3, 0.4) is 0 Å². The van der Waals surface area contributed by atoms with Crippen LogP contribution < -0.4 is 5.32 Å². The second-order valence-electron chi connectivity index (χ2n) is 4.45. The summed E-state index contributed by atoms with van der Waals surface area (Å²) in [5.74, 6) is -0.198. The van der Waals surface area contributed by atoms with Gasteiger partial charge in [0.15, 0.2) is 0 Å². The van der Waals surface area contributed by atoms with Gasteiger partial charge in [-0.25, -0.2) is 4.42 Å². The molecule has 0 aromatic heterocycles. The van der Waals surface area contributed by atoms with E-state index in [1.165, 1.54) is 13.0 Å². The number of amides is 1. The highest BCUT2D eigenvalue weighted by molar-refractivity contribution is 7.79. The number of hydrogen-bond donors (Lipinski definition) is 1. The van der Waals surface area contributed by atoms with Gasteiger partial charge in [-0.3, -0.25) is 9.00 Å². The van der Waals surface area contributed by atoms with Gasteiger partial charge in [0, 0.05) is 24.1 Å². The minimum Gasteiger partial charge on any atom is -0.768 e. The Morgan fingerprint density at radius 3 is 2.84 bits per heavy atom. The van der Waals surface area contributed by atoms with Gasteiger partial charge in [-0.2, -0.15) is 0 Å². The molecule has 1 aliphatic rings. The van der Waals surface area contributed by atoms with Crippen LogP contribution in [0.5, 0.6) is 0 Å². The molecule has 1 aliphatic heterocycles. The fraction of sp³-hybridized carbons (Fsp3) is 0.417. The van der Waals surface area contributed by atoms with E-state index in [9.17, 15) is 13.6 Å². The summed E-state index contributed by atoms with van der Waals surface area (Å²) in [5, 5.41) is 2.65. The summed E-state index contributed by atoms with van der Waals surface area (Å²) in [4.78, 5) is 11.3. The number of nitrogens with zero attached hydrogens (tertiary/aromatic N) is 1. The first-order valence-electron chi connectivity index (χ1n) is 5.92. The number of carbonyl (C=O) groups excluding carboxylic acids is 1. The Balaban J connectivity index is 2.41. The summed E-state index contributed by atoms with van der Waals surface area (Å²) >= 11 is 3.77. The number of anilines is 1. The Hall–Kier alpha value is -0.950. The molecule has 104 valence electrons. The van der Waals surface area contributed by atoms with E-state index in [2.05, 4.69) is 5.32 Å². The third kappa shape index (κ3) is 3.33. The van der Waals surface area contributed by atoms with Crippen LogP contribution >= 0.6 is 11.8 Å². The predicted molar refractivity (Wildman–Crippen MR) is 72.5 cm³/mol. The molecular formula is C12H14ClN2O3S-. The largest absolute Gasteiger partial charge is 0.768 e. The van der Waals surface area contributed by atoms with Crippen molar-refractivity contribution in [1.29, 1.82) is 0 Å². The molecule has 1 unspecified atom stereocenters. The SMILES string of the molecule is CC(=O)Nc1ccc(S(=O)[O-])c([C@@H]2CCCN2Cl)c1. The summed E-state index contributed by atoms with van der Waals surface area (Å²) in [5.41, 5.74) is 1.21. The van der Waals surface area contributed by atoms with Crippen LogP contribution in [0.1, 0.15) is 31.4 Å². The van der Waals surface area contributed by atoms with E-state index in [-0.39, 0.29) is 16.8 Å². The highest BCUT2D eigenvalue weighted by Crippen LogP contribution is 2.37. The quantitative estimate of drug-likeness (QED) is 0.686. The molecule has 2 rings (SSSR count). The second-order valence-corrected chi connectivity index (χ2v) is 5.79. The van der Waals surface area contributed by atoms with Crippen molar-refractivity contribution in [3.05, 3.63) is 23.8 Å². The summed E-state index contributed by atoms with van der Waals surface area (Å²) in [6.45, 7) is 2.13. The van der Waals surface area contributed by atoms with Crippen molar-refractivity contribution in [3.8, 4) is 0 Å². The molecule has 1 N–H and O–H groups in total. The lowest BCUT2D eigenvalue weighted by Gasteiger charge is -2.22. The Kier molecular flexibility index (Phi) is 4.57. The molecule has 0 spiro atoms. The van der Waals surface area contributed by atoms with Crippen LogP contribution in [0.25, 0.3) is 0 Å². The topological polar surface area (TPSA) is 72.5 Å². The van der Waals surface area contributed by atoms with Crippen molar-refractivity contribution in [1.82, 2.24) is 4.42 Å². The number of rotatable bonds is 3. The standard InChI is InChI=1S/C12H15ClN2O3S/c1-8(16)14-9-4-5-12(19(17)18)10(7-9)11-3-2-6-15(11)13/h4-5,7,11H,2-3,6H2,1H3,(H,14,16)(H,17,18)/p-1/t11-/m0/s1. The molecule has 1 saturated heterocycles. The third-order valence-corrected chi connectivity index (χ3v) is 4.19. The molecule has 1 heterocycles. The fourth-order valence-corrected chi connectivity index (χ4v) is 3.17. The molecule has 7 heteroatoms. The van der Waals surface area contributed by atoms with E-state index < -0.39 is 11.1 Å². The van der Waals surface area contributed by atoms with Crippen LogP contribution in [0, 0.1) is 0 Å². The molecule has 5 nitrogen and oxygen atoms in total. The van der Waals surface area contributed by atoms with Crippen molar-refractivity contribution < 1.29 is 13.6 Å². The van der Waals surface area contributed by atoms with Crippen LogP contribution in [0.4, 0.5) is 5.69 Å². The van der Waals surface area contributed by atoms with E-state index >= 15 is 0 Å². The molecule has 0 radical (unpaired) electrons. The molecule has 19 heavy (non-hydrogen) atoms. The Morgan fingerprint density at radius 2 is 2.32 bits per heavy atom. The van der Waals surface area contributed by atoms with E-state index in [0.29, 0.717) is 11.3 Å². The molecule has 0 aliphatic carbocycles. The average molecular weight is 302 g/mol.